The third-order valence-electron chi connectivity index (χ3n) is 2.97. The van der Waals surface area contributed by atoms with Crippen LogP contribution in [0.2, 0.25) is 0 Å². The minimum absolute atomic E-state index is 0.108. The lowest BCUT2D eigenvalue weighted by Gasteiger charge is -2.25. The zero-order valence-electron chi connectivity index (χ0n) is 9.51. The Morgan fingerprint density at radius 1 is 1.35 bits per heavy atom. The average molecular weight is 303 g/mol. The molecule has 17 heavy (non-hydrogen) atoms. The lowest BCUT2D eigenvalue weighted by atomic mass is 10.1. The van der Waals surface area contributed by atoms with E-state index in [-0.39, 0.29) is 5.82 Å². The van der Waals surface area contributed by atoms with Crippen LogP contribution in [0.25, 0.3) is 0 Å². The predicted molar refractivity (Wildman–Crippen MR) is 66.9 cm³/mol. The van der Waals surface area contributed by atoms with Crippen LogP contribution in [0.5, 0.6) is 0 Å². The van der Waals surface area contributed by atoms with Crippen LogP contribution in [0.3, 0.4) is 0 Å². The first-order valence-electron chi connectivity index (χ1n) is 5.76. The molecular weight excluding hydrogens is 288 g/mol. The Morgan fingerprint density at radius 2 is 2.06 bits per heavy atom. The summed E-state index contributed by atoms with van der Waals surface area (Å²) < 4.78 is 2.08. The number of hydrogen-bond donors (Lipinski definition) is 0. The molecule has 0 amide bonds. The molecule has 2 heterocycles. The Bertz CT molecular complexity index is 401. The van der Waals surface area contributed by atoms with Gasteiger partial charge in [-0.25, -0.2) is 0 Å². The van der Waals surface area contributed by atoms with Gasteiger partial charge in [-0.15, -0.1) is 0 Å². The maximum atomic E-state index is 10.6. The Balaban J connectivity index is 1.90. The highest BCUT2D eigenvalue weighted by molar-refractivity contribution is 9.10. The monoisotopic (exact) mass is 302 g/mol. The maximum absolute atomic E-state index is 10.6. The quantitative estimate of drug-likeness (QED) is 0.631. The van der Waals surface area contributed by atoms with Gasteiger partial charge >= 0.3 is 5.82 Å². The van der Waals surface area contributed by atoms with Crippen LogP contribution in [-0.2, 0) is 6.54 Å². The van der Waals surface area contributed by atoms with Crippen molar-refractivity contribution in [2.75, 3.05) is 19.6 Å². The molecule has 0 saturated carbocycles. The van der Waals surface area contributed by atoms with Crippen molar-refractivity contribution in [2.24, 2.45) is 0 Å². The largest absolute Gasteiger partial charge is 0.404 e. The zero-order valence-corrected chi connectivity index (χ0v) is 11.1. The summed E-state index contributed by atoms with van der Waals surface area (Å²) in [5.74, 6) is -0.108. The summed E-state index contributed by atoms with van der Waals surface area (Å²) in [5, 5.41) is 14.6. The van der Waals surface area contributed by atoms with Gasteiger partial charge in [-0.05, 0) is 46.8 Å². The predicted octanol–water partition coefficient (Wildman–Crippen LogP) is 2.04. The van der Waals surface area contributed by atoms with Crippen LogP contribution in [0.4, 0.5) is 5.82 Å². The van der Waals surface area contributed by atoms with Crippen LogP contribution in [0, 0.1) is 10.1 Å². The van der Waals surface area contributed by atoms with E-state index < -0.39 is 4.92 Å². The third-order valence-corrected chi connectivity index (χ3v) is 3.53. The second-order valence-corrected chi connectivity index (χ2v) is 5.08. The highest BCUT2D eigenvalue weighted by atomic mass is 79.9. The smallest absolute Gasteiger partial charge is 0.358 e. The van der Waals surface area contributed by atoms with Gasteiger partial charge in [-0.2, -0.15) is 4.68 Å². The SMILES string of the molecule is O=[N+]([O-])c1nn(CCN2CCCCC2)cc1Br. The number of hydrogen-bond acceptors (Lipinski definition) is 4. The van der Waals surface area contributed by atoms with E-state index in [2.05, 4.69) is 25.9 Å². The molecule has 1 aliphatic rings. The molecular formula is C10H15BrN4O2. The van der Waals surface area contributed by atoms with Gasteiger partial charge in [0.1, 0.15) is 4.47 Å². The van der Waals surface area contributed by atoms with Crippen molar-refractivity contribution < 1.29 is 4.92 Å². The minimum Gasteiger partial charge on any atom is -0.358 e. The molecule has 1 aromatic heterocycles. The highest BCUT2D eigenvalue weighted by Gasteiger charge is 2.19. The molecule has 0 bridgehead atoms. The average Bonchev–Trinajstić information content (AvgIpc) is 2.69. The van der Waals surface area contributed by atoms with E-state index in [1.807, 2.05) is 0 Å². The molecule has 2 rings (SSSR count). The van der Waals surface area contributed by atoms with Gasteiger partial charge < -0.3 is 15.0 Å². The number of piperidine rings is 1. The molecule has 1 aromatic rings. The van der Waals surface area contributed by atoms with E-state index in [0.29, 0.717) is 11.0 Å². The first-order chi connectivity index (χ1) is 8.16. The molecule has 0 aliphatic carbocycles. The van der Waals surface area contributed by atoms with Crippen LogP contribution in [0.15, 0.2) is 10.7 Å². The van der Waals surface area contributed by atoms with E-state index >= 15 is 0 Å². The van der Waals surface area contributed by atoms with Crippen molar-refractivity contribution in [1.82, 2.24) is 14.7 Å². The molecule has 0 radical (unpaired) electrons. The maximum Gasteiger partial charge on any atom is 0.404 e. The Hall–Kier alpha value is -0.950. The van der Waals surface area contributed by atoms with Crippen molar-refractivity contribution in [3.8, 4) is 0 Å². The Morgan fingerprint density at radius 3 is 2.65 bits per heavy atom. The van der Waals surface area contributed by atoms with Gasteiger partial charge in [0.2, 0.25) is 0 Å². The zero-order chi connectivity index (χ0) is 12.3. The van der Waals surface area contributed by atoms with E-state index in [9.17, 15) is 10.1 Å². The second kappa shape index (κ2) is 5.59. The van der Waals surface area contributed by atoms with Gasteiger partial charge in [0.25, 0.3) is 0 Å². The molecule has 0 unspecified atom stereocenters. The summed E-state index contributed by atoms with van der Waals surface area (Å²) in [7, 11) is 0. The fourth-order valence-corrected chi connectivity index (χ4v) is 2.51. The number of aromatic nitrogens is 2. The van der Waals surface area contributed by atoms with Gasteiger partial charge in [0.15, 0.2) is 0 Å². The molecule has 0 spiro atoms. The van der Waals surface area contributed by atoms with Crippen molar-refractivity contribution in [3.05, 3.63) is 20.8 Å². The fraction of sp³-hybridized carbons (Fsp3) is 0.700. The number of nitro groups is 1. The van der Waals surface area contributed by atoms with Crippen molar-refractivity contribution >= 4 is 21.7 Å². The summed E-state index contributed by atoms with van der Waals surface area (Å²) in [6, 6.07) is 0. The first kappa shape index (κ1) is 12.5. The molecule has 94 valence electrons. The fourth-order valence-electron chi connectivity index (χ4n) is 2.05. The molecule has 0 aromatic carbocycles. The summed E-state index contributed by atoms with van der Waals surface area (Å²) in [4.78, 5) is 12.5. The Labute approximate surface area is 108 Å². The van der Waals surface area contributed by atoms with Crippen LogP contribution in [-0.4, -0.2) is 39.2 Å². The lowest BCUT2D eigenvalue weighted by Crippen LogP contribution is -2.32. The second-order valence-electron chi connectivity index (χ2n) is 4.22. The number of halogens is 1. The lowest BCUT2D eigenvalue weighted by molar-refractivity contribution is -0.390. The third kappa shape index (κ3) is 3.26. The molecule has 6 nitrogen and oxygen atoms in total. The van der Waals surface area contributed by atoms with Gasteiger partial charge in [0, 0.05) is 6.54 Å². The number of likely N-dealkylation sites (tertiary alicyclic amines) is 1. The minimum atomic E-state index is -0.471. The van der Waals surface area contributed by atoms with E-state index in [0.717, 1.165) is 19.6 Å². The van der Waals surface area contributed by atoms with Crippen LogP contribution < -0.4 is 0 Å². The summed E-state index contributed by atoms with van der Waals surface area (Å²) in [6.07, 6.45) is 5.49. The van der Waals surface area contributed by atoms with Crippen LogP contribution in [0.1, 0.15) is 19.3 Å². The standard InChI is InChI=1S/C10H15BrN4O2/c11-9-8-14(12-10(9)15(16)17)7-6-13-4-2-1-3-5-13/h8H,1-7H2. The Kier molecular flexibility index (Phi) is 4.11. The number of nitrogens with zero attached hydrogens (tertiary/aromatic N) is 4. The van der Waals surface area contributed by atoms with Gasteiger partial charge in [0.05, 0.1) is 17.8 Å². The molecule has 0 N–H and O–H groups in total. The summed E-state index contributed by atoms with van der Waals surface area (Å²) in [6.45, 7) is 3.87. The van der Waals surface area contributed by atoms with Crippen molar-refractivity contribution in [1.29, 1.82) is 0 Å². The molecule has 1 fully saturated rings. The summed E-state index contributed by atoms with van der Waals surface area (Å²) in [5.41, 5.74) is 0. The van der Waals surface area contributed by atoms with Crippen molar-refractivity contribution in [2.45, 2.75) is 25.8 Å². The molecule has 7 heteroatoms. The number of rotatable bonds is 4. The first-order valence-corrected chi connectivity index (χ1v) is 6.56. The van der Waals surface area contributed by atoms with Gasteiger partial charge in [-0.1, -0.05) is 6.42 Å². The molecule has 1 aliphatic heterocycles. The molecule has 0 atom stereocenters. The molecule has 1 saturated heterocycles. The van der Waals surface area contributed by atoms with E-state index in [1.54, 1.807) is 10.9 Å². The van der Waals surface area contributed by atoms with Gasteiger partial charge in [-0.3, -0.25) is 0 Å². The highest BCUT2D eigenvalue weighted by Crippen LogP contribution is 2.21. The van der Waals surface area contributed by atoms with Crippen LogP contribution >= 0.6 is 15.9 Å². The van der Waals surface area contributed by atoms with Crippen molar-refractivity contribution in [3.63, 3.8) is 0 Å². The van der Waals surface area contributed by atoms with E-state index in [4.69, 9.17) is 0 Å². The summed E-state index contributed by atoms with van der Waals surface area (Å²) >= 11 is 3.15. The normalized spacial score (nSPS) is 17.2. The van der Waals surface area contributed by atoms with E-state index in [1.165, 1.54) is 19.3 Å². The topological polar surface area (TPSA) is 64.2 Å².